The highest BCUT2D eigenvalue weighted by Gasteiger charge is 2.51. The molecule has 1 spiro atoms. The van der Waals surface area contributed by atoms with Crippen molar-refractivity contribution < 1.29 is 0 Å². The van der Waals surface area contributed by atoms with Crippen LogP contribution in [-0.4, -0.2) is 37.1 Å². The number of nitrogens with one attached hydrogen (secondary N) is 1. The van der Waals surface area contributed by atoms with Gasteiger partial charge in [-0.2, -0.15) is 0 Å². The lowest BCUT2D eigenvalue weighted by Crippen LogP contribution is -2.49. The maximum absolute atomic E-state index is 3.57. The van der Waals surface area contributed by atoms with Gasteiger partial charge in [0.25, 0.3) is 0 Å². The maximum atomic E-state index is 3.57. The Morgan fingerprint density at radius 2 is 2.15 bits per heavy atom. The fourth-order valence-electron chi connectivity index (χ4n) is 2.90. The zero-order valence-electron chi connectivity index (χ0n) is 8.39. The highest BCUT2D eigenvalue weighted by Crippen LogP contribution is 2.52. The number of hydrogen-bond acceptors (Lipinski definition) is 2. The summed E-state index contributed by atoms with van der Waals surface area (Å²) in [7, 11) is 0. The molecule has 1 atom stereocenters. The average Bonchev–Trinajstić information content (AvgIpc) is 2.70. The first-order valence-electron chi connectivity index (χ1n) is 5.82. The van der Waals surface area contributed by atoms with E-state index in [-0.39, 0.29) is 0 Å². The van der Waals surface area contributed by atoms with E-state index in [1.807, 2.05) is 0 Å². The van der Waals surface area contributed by atoms with Crippen molar-refractivity contribution in [1.82, 2.24) is 10.2 Å². The van der Waals surface area contributed by atoms with Crippen molar-refractivity contribution in [3.05, 3.63) is 0 Å². The molecule has 1 unspecified atom stereocenters. The van der Waals surface area contributed by atoms with Crippen molar-refractivity contribution in [1.29, 1.82) is 0 Å². The highest BCUT2D eigenvalue weighted by molar-refractivity contribution is 5.05. The average molecular weight is 180 g/mol. The van der Waals surface area contributed by atoms with E-state index in [4.69, 9.17) is 0 Å². The van der Waals surface area contributed by atoms with Crippen molar-refractivity contribution in [3.8, 4) is 0 Å². The van der Waals surface area contributed by atoms with Crippen molar-refractivity contribution in [2.45, 2.75) is 38.1 Å². The molecule has 3 fully saturated rings. The number of likely N-dealkylation sites (tertiary alicyclic amines) is 1. The standard InChI is InChI=1S/C11H20N2/c1-2-10(12-6-1)3-7-13-8-11(9-13)4-5-11/h10,12H,1-9H2. The molecule has 2 nitrogen and oxygen atoms in total. The molecule has 3 rings (SSSR count). The minimum atomic E-state index is 0.843. The maximum Gasteiger partial charge on any atom is 0.00797 e. The number of hydrogen-bond donors (Lipinski definition) is 1. The molecule has 0 aromatic heterocycles. The quantitative estimate of drug-likeness (QED) is 0.702. The number of rotatable bonds is 3. The van der Waals surface area contributed by atoms with Crippen LogP contribution in [0.5, 0.6) is 0 Å². The van der Waals surface area contributed by atoms with Crippen LogP contribution in [0.3, 0.4) is 0 Å². The molecule has 1 saturated carbocycles. The Balaban J connectivity index is 1.35. The van der Waals surface area contributed by atoms with E-state index >= 15 is 0 Å². The highest BCUT2D eigenvalue weighted by atomic mass is 15.2. The van der Waals surface area contributed by atoms with E-state index in [2.05, 4.69) is 10.2 Å². The van der Waals surface area contributed by atoms with Crippen LogP contribution in [-0.2, 0) is 0 Å². The number of nitrogens with zero attached hydrogens (tertiary/aromatic N) is 1. The minimum Gasteiger partial charge on any atom is -0.314 e. The second-order valence-corrected chi connectivity index (χ2v) is 5.29. The third-order valence-corrected chi connectivity index (χ3v) is 4.03. The van der Waals surface area contributed by atoms with Gasteiger partial charge in [-0.1, -0.05) is 0 Å². The lowest BCUT2D eigenvalue weighted by Gasteiger charge is -2.40. The molecule has 1 aliphatic carbocycles. The van der Waals surface area contributed by atoms with Gasteiger partial charge in [0, 0.05) is 19.1 Å². The largest absolute Gasteiger partial charge is 0.314 e. The van der Waals surface area contributed by atoms with E-state index in [0.717, 1.165) is 11.5 Å². The lowest BCUT2D eigenvalue weighted by atomic mass is 9.96. The molecule has 2 aliphatic heterocycles. The van der Waals surface area contributed by atoms with Crippen LogP contribution in [0, 0.1) is 5.41 Å². The zero-order chi connectivity index (χ0) is 8.73. The minimum absolute atomic E-state index is 0.843. The van der Waals surface area contributed by atoms with Gasteiger partial charge in [0.15, 0.2) is 0 Å². The van der Waals surface area contributed by atoms with Gasteiger partial charge in [-0.05, 0) is 50.6 Å². The first kappa shape index (κ1) is 8.25. The second-order valence-electron chi connectivity index (χ2n) is 5.29. The van der Waals surface area contributed by atoms with E-state index < -0.39 is 0 Å². The molecular weight excluding hydrogens is 160 g/mol. The molecule has 1 N–H and O–H groups in total. The molecule has 0 bridgehead atoms. The molecular formula is C11H20N2. The van der Waals surface area contributed by atoms with Crippen molar-refractivity contribution >= 4 is 0 Å². The Labute approximate surface area is 80.7 Å². The van der Waals surface area contributed by atoms with Crippen LogP contribution < -0.4 is 5.32 Å². The molecule has 0 radical (unpaired) electrons. The first-order valence-corrected chi connectivity index (χ1v) is 5.82. The molecule has 2 heterocycles. The Morgan fingerprint density at radius 1 is 1.31 bits per heavy atom. The SMILES string of the molecule is C1CNC(CCN2CC3(CC3)C2)C1. The van der Waals surface area contributed by atoms with E-state index in [1.165, 1.54) is 58.3 Å². The zero-order valence-corrected chi connectivity index (χ0v) is 8.39. The molecule has 0 aromatic rings. The summed E-state index contributed by atoms with van der Waals surface area (Å²) in [5.41, 5.74) is 0.850. The predicted octanol–water partition coefficient (Wildman–Crippen LogP) is 1.22. The lowest BCUT2D eigenvalue weighted by molar-refractivity contribution is 0.0779. The van der Waals surface area contributed by atoms with Crippen LogP contribution in [0.1, 0.15) is 32.1 Å². The van der Waals surface area contributed by atoms with Gasteiger partial charge in [0.05, 0.1) is 0 Å². The van der Waals surface area contributed by atoms with Gasteiger partial charge in [-0.15, -0.1) is 0 Å². The summed E-state index contributed by atoms with van der Waals surface area (Å²) in [6.07, 6.45) is 7.24. The van der Waals surface area contributed by atoms with Gasteiger partial charge < -0.3 is 10.2 Å². The molecule has 2 saturated heterocycles. The molecule has 74 valence electrons. The Kier molecular flexibility index (Phi) is 1.88. The van der Waals surface area contributed by atoms with Crippen LogP contribution in [0.4, 0.5) is 0 Å². The van der Waals surface area contributed by atoms with E-state index in [0.29, 0.717) is 0 Å². The molecule has 2 heteroatoms. The van der Waals surface area contributed by atoms with Gasteiger partial charge in [-0.25, -0.2) is 0 Å². The van der Waals surface area contributed by atoms with Crippen molar-refractivity contribution in [2.24, 2.45) is 5.41 Å². The van der Waals surface area contributed by atoms with Crippen molar-refractivity contribution in [3.63, 3.8) is 0 Å². The van der Waals surface area contributed by atoms with Gasteiger partial charge in [-0.3, -0.25) is 0 Å². The van der Waals surface area contributed by atoms with Gasteiger partial charge >= 0.3 is 0 Å². The van der Waals surface area contributed by atoms with Gasteiger partial charge in [0.1, 0.15) is 0 Å². The Hall–Kier alpha value is -0.0800. The normalized spacial score (nSPS) is 36.5. The monoisotopic (exact) mass is 180 g/mol. The third-order valence-electron chi connectivity index (χ3n) is 4.03. The summed E-state index contributed by atoms with van der Waals surface area (Å²) in [6.45, 7) is 5.44. The Bertz CT molecular complexity index is 184. The van der Waals surface area contributed by atoms with Gasteiger partial charge in [0.2, 0.25) is 0 Å². The summed E-state index contributed by atoms with van der Waals surface area (Å²) < 4.78 is 0. The molecule has 0 amide bonds. The summed E-state index contributed by atoms with van der Waals surface area (Å²) in [5, 5.41) is 3.57. The molecule has 13 heavy (non-hydrogen) atoms. The summed E-state index contributed by atoms with van der Waals surface area (Å²) in [6, 6.07) is 0.843. The van der Waals surface area contributed by atoms with Crippen LogP contribution in [0.2, 0.25) is 0 Å². The molecule has 0 aromatic carbocycles. The van der Waals surface area contributed by atoms with Crippen LogP contribution >= 0.6 is 0 Å². The van der Waals surface area contributed by atoms with Crippen molar-refractivity contribution in [2.75, 3.05) is 26.2 Å². The van der Waals surface area contributed by atoms with E-state index in [1.54, 1.807) is 0 Å². The van der Waals surface area contributed by atoms with Crippen LogP contribution in [0.15, 0.2) is 0 Å². The summed E-state index contributed by atoms with van der Waals surface area (Å²) >= 11 is 0. The smallest absolute Gasteiger partial charge is 0.00797 e. The molecule has 3 aliphatic rings. The fourth-order valence-corrected chi connectivity index (χ4v) is 2.90. The predicted molar refractivity (Wildman–Crippen MR) is 53.7 cm³/mol. The summed E-state index contributed by atoms with van der Waals surface area (Å²) in [5.74, 6) is 0. The van der Waals surface area contributed by atoms with Crippen LogP contribution in [0.25, 0.3) is 0 Å². The van der Waals surface area contributed by atoms with E-state index in [9.17, 15) is 0 Å². The third kappa shape index (κ3) is 1.62. The fraction of sp³-hybridized carbons (Fsp3) is 1.00. The summed E-state index contributed by atoms with van der Waals surface area (Å²) in [4.78, 5) is 2.65. The first-order chi connectivity index (χ1) is 6.36. The second kappa shape index (κ2) is 2.96. The Morgan fingerprint density at radius 3 is 2.77 bits per heavy atom. The topological polar surface area (TPSA) is 15.3 Å².